The number of amides is 1. The Bertz CT molecular complexity index is 421. The SMILES string of the molecule is CN1C(=O)C2(CCCC2)c2cccnc21. The summed E-state index contributed by atoms with van der Waals surface area (Å²) in [6.07, 6.45) is 6.07. The van der Waals surface area contributed by atoms with Crippen LogP contribution in [0.5, 0.6) is 0 Å². The van der Waals surface area contributed by atoms with Gasteiger partial charge in [0.15, 0.2) is 0 Å². The van der Waals surface area contributed by atoms with Gasteiger partial charge in [0.25, 0.3) is 0 Å². The molecule has 3 rings (SSSR count). The first kappa shape index (κ1) is 8.89. The van der Waals surface area contributed by atoms with Gasteiger partial charge < -0.3 is 0 Å². The molecule has 1 amide bonds. The Morgan fingerprint density at radius 1 is 1.40 bits per heavy atom. The van der Waals surface area contributed by atoms with E-state index in [4.69, 9.17) is 0 Å². The first-order valence-electron chi connectivity index (χ1n) is 5.49. The quantitative estimate of drug-likeness (QED) is 0.643. The van der Waals surface area contributed by atoms with Crippen molar-refractivity contribution in [3.63, 3.8) is 0 Å². The molecule has 2 heterocycles. The van der Waals surface area contributed by atoms with Crippen LogP contribution in [0.2, 0.25) is 0 Å². The van der Waals surface area contributed by atoms with Crippen LogP contribution in [-0.2, 0) is 10.2 Å². The van der Waals surface area contributed by atoms with Crippen LogP contribution in [0.3, 0.4) is 0 Å². The highest BCUT2D eigenvalue weighted by Gasteiger charge is 2.51. The number of carbonyl (C=O) groups is 1. The van der Waals surface area contributed by atoms with Crippen molar-refractivity contribution < 1.29 is 4.79 Å². The predicted octanol–water partition coefficient (Wildman–Crippen LogP) is 1.87. The number of carbonyl (C=O) groups excluding carboxylic acids is 1. The molecular weight excluding hydrogens is 188 g/mol. The van der Waals surface area contributed by atoms with E-state index in [1.807, 2.05) is 13.1 Å². The van der Waals surface area contributed by atoms with Gasteiger partial charge in [-0.05, 0) is 18.9 Å². The van der Waals surface area contributed by atoms with Crippen LogP contribution in [-0.4, -0.2) is 17.9 Å². The minimum Gasteiger partial charge on any atom is -0.299 e. The summed E-state index contributed by atoms with van der Waals surface area (Å²) >= 11 is 0. The summed E-state index contributed by atoms with van der Waals surface area (Å²) in [7, 11) is 1.83. The zero-order valence-electron chi connectivity index (χ0n) is 8.86. The molecule has 0 aromatic carbocycles. The van der Waals surface area contributed by atoms with E-state index >= 15 is 0 Å². The average Bonchev–Trinajstić information content (AvgIpc) is 2.83. The molecule has 0 radical (unpaired) electrons. The van der Waals surface area contributed by atoms with E-state index in [9.17, 15) is 4.79 Å². The predicted molar refractivity (Wildman–Crippen MR) is 57.8 cm³/mol. The number of hydrogen-bond donors (Lipinski definition) is 0. The van der Waals surface area contributed by atoms with Crippen molar-refractivity contribution in [1.29, 1.82) is 0 Å². The normalized spacial score (nSPS) is 22.5. The van der Waals surface area contributed by atoms with Crippen molar-refractivity contribution in [1.82, 2.24) is 4.98 Å². The summed E-state index contributed by atoms with van der Waals surface area (Å²) < 4.78 is 0. The van der Waals surface area contributed by atoms with Crippen molar-refractivity contribution in [2.75, 3.05) is 11.9 Å². The highest BCUT2D eigenvalue weighted by molar-refractivity contribution is 6.06. The summed E-state index contributed by atoms with van der Waals surface area (Å²) in [6.45, 7) is 0. The Hall–Kier alpha value is -1.38. The van der Waals surface area contributed by atoms with Crippen molar-refractivity contribution in [3.05, 3.63) is 23.9 Å². The van der Waals surface area contributed by atoms with Gasteiger partial charge in [0.2, 0.25) is 5.91 Å². The van der Waals surface area contributed by atoms with Gasteiger partial charge in [-0.25, -0.2) is 4.98 Å². The molecule has 1 aromatic heterocycles. The summed E-state index contributed by atoms with van der Waals surface area (Å²) in [5, 5.41) is 0. The number of hydrogen-bond acceptors (Lipinski definition) is 2. The smallest absolute Gasteiger partial charge is 0.238 e. The first-order valence-corrected chi connectivity index (χ1v) is 5.49. The van der Waals surface area contributed by atoms with E-state index in [-0.39, 0.29) is 11.3 Å². The van der Waals surface area contributed by atoms with Crippen LogP contribution in [0.4, 0.5) is 5.82 Å². The van der Waals surface area contributed by atoms with Gasteiger partial charge in [0, 0.05) is 18.8 Å². The minimum atomic E-state index is -0.224. The molecule has 0 atom stereocenters. The van der Waals surface area contributed by atoms with Crippen molar-refractivity contribution in [2.24, 2.45) is 0 Å². The molecule has 1 aromatic rings. The van der Waals surface area contributed by atoms with Crippen LogP contribution < -0.4 is 4.90 Å². The van der Waals surface area contributed by atoms with Crippen LogP contribution in [0, 0.1) is 0 Å². The molecule has 0 unspecified atom stereocenters. The molecule has 2 aliphatic rings. The third kappa shape index (κ3) is 0.954. The fourth-order valence-electron chi connectivity index (χ4n) is 3.03. The second kappa shape index (κ2) is 2.81. The highest BCUT2D eigenvalue weighted by atomic mass is 16.2. The maximum atomic E-state index is 12.3. The lowest BCUT2D eigenvalue weighted by Crippen LogP contribution is -2.36. The second-order valence-electron chi connectivity index (χ2n) is 4.53. The molecule has 3 heteroatoms. The van der Waals surface area contributed by atoms with E-state index in [2.05, 4.69) is 11.1 Å². The van der Waals surface area contributed by atoms with Gasteiger partial charge in [-0.15, -0.1) is 0 Å². The lowest BCUT2D eigenvalue weighted by atomic mass is 9.81. The van der Waals surface area contributed by atoms with Crippen LogP contribution in [0.1, 0.15) is 31.2 Å². The minimum absolute atomic E-state index is 0.224. The average molecular weight is 202 g/mol. The van der Waals surface area contributed by atoms with Gasteiger partial charge in [-0.2, -0.15) is 0 Å². The standard InChI is InChI=1S/C12H14N2O/c1-14-10-9(5-4-8-13-10)12(11(14)15)6-2-3-7-12/h4-5,8H,2-3,6-7H2,1H3. The van der Waals surface area contributed by atoms with E-state index in [1.54, 1.807) is 11.1 Å². The van der Waals surface area contributed by atoms with Crippen molar-refractivity contribution in [3.8, 4) is 0 Å². The number of anilines is 1. The van der Waals surface area contributed by atoms with Gasteiger partial charge in [0.1, 0.15) is 5.82 Å². The number of pyridine rings is 1. The zero-order valence-corrected chi connectivity index (χ0v) is 8.86. The first-order chi connectivity index (χ1) is 7.26. The fraction of sp³-hybridized carbons (Fsp3) is 0.500. The molecule has 1 aliphatic heterocycles. The van der Waals surface area contributed by atoms with E-state index in [0.717, 1.165) is 37.1 Å². The lowest BCUT2D eigenvalue weighted by Gasteiger charge is -2.21. The fourth-order valence-corrected chi connectivity index (χ4v) is 3.03. The molecule has 3 nitrogen and oxygen atoms in total. The number of fused-ring (bicyclic) bond motifs is 2. The molecule has 1 spiro atoms. The third-order valence-electron chi connectivity index (χ3n) is 3.79. The Kier molecular flexibility index (Phi) is 1.67. The lowest BCUT2D eigenvalue weighted by molar-refractivity contribution is -0.122. The summed E-state index contributed by atoms with van der Waals surface area (Å²) in [5.41, 5.74) is 0.924. The number of nitrogens with zero attached hydrogens (tertiary/aromatic N) is 2. The summed E-state index contributed by atoms with van der Waals surface area (Å²) in [5.74, 6) is 1.11. The molecule has 1 aliphatic carbocycles. The molecule has 0 bridgehead atoms. The number of aromatic nitrogens is 1. The van der Waals surface area contributed by atoms with Gasteiger partial charge in [-0.1, -0.05) is 18.9 Å². The highest BCUT2D eigenvalue weighted by Crippen LogP contribution is 2.49. The maximum Gasteiger partial charge on any atom is 0.238 e. The Morgan fingerprint density at radius 3 is 2.87 bits per heavy atom. The second-order valence-corrected chi connectivity index (χ2v) is 4.53. The summed E-state index contributed by atoms with van der Waals surface area (Å²) in [4.78, 5) is 18.3. The Balaban J connectivity index is 2.22. The zero-order chi connectivity index (χ0) is 10.5. The van der Waals surface area contributed by atoms with Gasteiger partial charge in [-0.3, -0.25) is 9.69 Å². The van der Waals surface area contributed by atoms with E-state index < -0.39 is 0 Å². The van der Waals surface area contributed by atoms with Gasteiger partial charge in [0.05, 0.1) is 5.41 Å². The maximum absolute atomic E-state index is 12.3. The van der Waals surface area contributed by atoms with Crippen molar-refractivity contribution >= 4 is 11.7 Å². The third-order valence-corrected chi connectivity index (χ3v) is 3.79. The topological polar surface area (TPSA) is 33.2 Å². The van der Waals surface area contributed by atoms with Crippen LogP contribution in [0.15, 0.2) is 18.3 Å². The van der Waals surface area contributed by atoms with E-state index in [1.165, 1.54) is 0 Å². The molecule has 0 N–H and O–H groups in total. The monoisotopic (exact) mass is 202 g/mol. The van der Waals surface area contributed by atoms with Crippen LogP contribution >= 0.6 is 0 Å². The van der Waals surface area contributed by atoms with Gasteiger partial charge >= 0.3 is 0 Å². The molecule has 0 saturated heterocycles. The molecule has 1 saturated carbocycles. The molecular formula is C12H14N2O. The Labute approximate surface area is 89.1 Å². The van der Waals surface area contributed by atoms with Crippen LogP contribution in [0.25, 0.3) is 0 Å². The summed E-state index contributed by atoms with van der Waals surface area (Å²) in [6, 6.07) is 4.00. The van der Waals surface area contributed by atoms with E-state index in [0.29, 0.717) is 0 Å². The molecule has 78 valence electrons. The number of likely N-dealkylation sites (N-methyl/N-ethyl adjacent to an activating group) is 1. The molecule has 15 heavy (non-hydrogen) atoms. The number of rotatable bonds is 0. The van der Waals surface area contributed by atoms with Crippen molar-refractivity contribution in [2.45, 2.75) is 31.1 Å². The Morgan fingerprint density at radius 2 is 2.13 bits per heavy atom. The molecule has 1 fully saturated rings. The largest absolute Gasteiger partial charge is 0.299 e.